The molecule has 8 heteroatoms. The first-order chi connectivity index (χ1) is 9.54. The third-order valence-corrected chi connectivity index (χ3v) is 5.25. The van der Waals surface area contributed by atoms with Gasteiger partial charge in [-0.15, -0.1) is 11.3 Å². The van der Waals surface area contributed by atoms with E-state index >= 15 is 0 Å². The van der Waals surface area contributed by atoms with Crippen molar-refractivity contribution in [3.05, 3.63) is 35.8 Å². The molecule has 1 fully saturated rings. The van der Waals surface area contributed by atoms with E-state index in [1.807, 2.05) is 0 Å². The number of nitrogens with zero attached hydrogens (tertiary/aromatic N) is 2. The molecule has 1 aliphatic rings. The number of sulfonamides is 1. The van der Waals surface area contributed by atoms with E-state index < -0.39 is 10.0 Å². The zero-order valence-electron chi connectivity index (χ0n) is 10.6. The summed E-state index contributed by atoms with van der Waals surface area (Å²) in [6.45, 7) is 1.62. The Hall–Kier alpha value is -1.64. The Bertz CT molecular complexity index is 677. The molecule has 20 heavy (non-hydrogen) atoms. The first-order valence-electron chi connectivity index (χ1n) is 6.07. The summed E-state index contributed by atoms with van der Waals surface area (Å²) >= 11 is 1.24. The van der Waals surface area contributed by atoms with Gasteiger partial charge < -0.3 is 10.6 Å². The van der Waals surface area contributed by atoms with Gasteiger partial charge in [0.15, 0.2) is 5.13 Å². The lowest BCUT2D eigenvalue weighted by molar-refractivity contribution is 0.519. The molecule has 1 saturated heterocycles. The molecule has 0 saturated carbocycles. The highest BCUT2D eigenvalue weighted by Crippen LogP contribution is 2.23. The average Bonchev–Trinajstić information content (AvgIpc) is 2.87. The van der Waals surface area contributed by atoms with Gasteiger partial charge in [0.1, 0.15) is 0 Å². The second kappa shape index (κ2) is 5.04. The summed E-state index contributed by atoms with van der Waals surface area (Å²) in [4.78, 5) is 6.24. The van der Waals surface area contributed by atoms with Crippen LogP contribution >= 0.6 is 11.3 Å². The largest absolute Gasteiger partial charge is 0.368 e. The summed E-state index contributed by atoms with van der Waals surface area (Å²) in [5, 5.41) is 2.08. The molecule has 3 N–H and O–H groups in total. The van der Waals surface area contributed by atoms with Crippen LogP contribution < -0.4 is 15.4 Å². The van der Waals surface area contributed by atoms with Crippen molar-refractivity contribution in [3.8, 4) is 0 Å². The molecule has 6 nitrogen and oxygen atoms in total. The lowest BCUT2D eigenvalue weighted by Gasteiger charge is -2.38. The van der Waals surface area contributed by atoms with Gasteiger partial charge in [-0.3, -0.25) is 4.72 Å². The summed E-state index contributed by atoms with van der Waals surface area (Å²) in [7, 11) is -3.57. The Kier molecular flexibility index (Phi) is 3.36. The normalized spacial score (nSPS) is 15.9. The molecule has 0 bridgehead atoms. The van der Waals surface area contributed by atoms with Crippen molar-refractivity contribution < 1.29 is 8.42 Å². The second-order valence-electron chi connectivity index (χ2n) is 4.60. The van der Waals surface area contributed by atoms with Gasteiger partial charge >= 0.3 is 0 Å². The summed E-state index contributed by atoms with van der Waals surface area (Å²) < 4.78 is 26.7. The number of rotatable bonds is 4. The third-order valence-electron chi connectivity index (χ3n) is 3.08. The Morgan fingerprint density at radius 3 is 2.55 bits per heavy atom. The maximum absolute atomic E-state index is 12.1. The van der Waals surface area contributed by atoms with Crippen LogP contribution in [0.25, 0.3) is 0 Å². The molecule has 0 amide bonds. The van der Waals surface area contributed by atoms with Gasteiger partial charge in [0, 0.05) is 36.4 Å². The van der Waals surface area contributed by atoms with Gasteiger partial charge in [0.05, 0.1) is 4.90 Å². The Morgan fingerprint density at radius 2 is 2.00 bits per heavy atom. The lowest BCUT2D eigenvalue weighted by Crippen LogP contribution is -2.55. The van der Waals surface area contributed by atoms with Crippen LogP contribution in [0.1, 0.15) is 0 Å². The fourth-order valence-corrected chi connectivity index (χ4v) is 3.80. The zero-order valence-corrected chi connectivity index (χ0v) is 12.2. The van der Waals surface area contributed by atoms with E-state index in [2.05, 4.69) is 14.6 Å². The van der Waals surface area contributed by atoms with Crippen molar-refractivity contribution in [1.29, 1.82) is 0 Å². The van der Waals surface area contributed by atoms with Crippen LogP contribution in [0.4, 0.5) is 10.8 Å². The average molecular weight is 310 g/mol. The number of anilines is 2. The highest BCUT2D eigenvalue weighted by molar-refractivity contribution is 7.93. The van der Waals surface area contributed by atoms with Crippen molar-refractivity contribution >= 4 is 32.2 Å². The van der Waals surface area contributed by atoms with Crippen molar-refractivity contribution in [2.24, 2.45) is 5.73 Å². The summed E-state index contributed by atoms with van der Waals surface area (Å²) in [6.07, 6.45) is 1.55. The van der Waals surface area contributed by atoms with E-state index in [0.29, 0.717) is 5.13 Å². The van der Waals surface area contributed by atoms with Crippen LogP contribution in [0.5, 0.6) is 0 Å². The summed E-state index contributed by atoms with van der Waals surface area (Å²) in [5.41, 5.74) is 6.71. The number of hydrogen-bond acceptors (Lipinski definition) is 6. The van der Waals surface area contributed by atoms with E-state index in [-0.39, 0.29) is 10.9 Å². The quantitative estimate of drug-likeness (QED) is 0.882. The van der Waals surface area contributed by atoms with Gasteiger partial charge in [-0.25, -0.2) is 13.4 Å². The Balaban J connectivity index is 1.76. The molecule has 1 aromatic carbocycles. The van der Waals surface area contributed by atoms with Crippen LogP contribution in [0, 0.1) is 0 Å². The van der Waals surface area contributed by atoms with Gasteiger partial charge in [0.25, 0.3) is 10.0 Å². The second-order valence-corrected chi connectivity index (χ2v) is 7.18. The molecule has 0 unspecified atom stereocenters. The molecular weight excluding hydrogens is 296 g/mol. The maximum Gasteiger partial charge on any atom is 0.263 e. The molecule has 1 aliphatic heterocycles. The van der Waals surface area contributed by atoms with Crippen LogP contribution in [0.3, 0.4) is 0 Å². The summed E-state index contributed by atoms with van der Waals surface area (Å²) in [6, 6.07) is 6.99. The standard InChI is InChI=1S/C12H14N4O2S2/c13-9-7-16(8-9)10-1-3-11(4-2-10)20(17,18)15-12-14-5-6-19-12/h1-6,9H,7-8,13H2,(H,14,15). The minimum Gasteiger partial charge on any atom is -0.368 e. The molecule has 2 aromatic rings. The van der Waals surface area contributed by atoms with Gasteiger partial charge in [0.2, 0.25) is 0 Å². The number of nitrogens with two attached hydrogens (primary N) is 1. The SMILES string of the molecule is NC1CN(c2ccc(S(=O)(=O)Nc3nccs3)cc2)C1. The number of thiazole rings is 1. The first kappa shape index (κ1) is 13.3. The van der Waals surface area contributed by atoms with E-state index in [1.54, 1.807) is 35.8 Å². The van der Waals surface area contributed by atoms with Crippen molar-refractivity contribution in [1.82, 2.24) is 4.98 Å². The van der Waals surface area contributed by atoms with Crippen molar-refractivity contribution in [2.75, 3.05) is 22.7 Å². The molecular formula is C12H14N4O2S2. The fourth-order valence-electron chi connectivity index (χ4n) is 2.01. The van der Waals surface area contributed by atoms with Crippen LogP contribution in [-0.4, -0.2) is 32.5 Å². The number of benzene rings is 1. The van der Waals surface area contributed by atoms with E-state index in [0.717, 1.165) is 18.8 Å². The van der Waals surface area contributed by atoms with Crippen molar-refractivity contribution in [3.63, 3.8) is 0 Å². The summed E-state index contributed by atoms with van der Waals surface area (Å²) in [5.74, 6) is 0. The molecule has 0 atom stereocenters. The fraction of sp³-hybridized carbons (Fsp3) is 0.250. The Labute approximate surface area is 121 Å². The van der Waals surface area contributed by atoms with Gasteiger partial charge in [-0.2, -0.15) is 0 Å². The molecule has 3 rings (SSSR count). The van der Waals surface area contributed by atoms with E-state index in [9.17, 15) is 8.42 Å². The molecule has 0 radical (unpaired) electrons. The van der Waals surface area contributed by atoms with Crippen LogP contribution in [0.15, 0.2) is 40.7 Å². The van der Waals surface area contributed by atoms with Crippen LogP contribution in [-0.2, 0) is 10.0 Å². The van der Waals surface area contributed by atoms with Gasteiger partial charge in [-0.1, -0.05) is 0 Å². The monoisotopic (exact) mass is 310 g/mol. The minimum atomic E-state index is -3.57. The maximum atomic E-state index is 12.1. The predicted octanol–water partition coefficient (Wildman–Crippen LogP) is 1.09. The smallest absolute Gasteiger partial charge is 0.263 e. The number of hydrogen-bond donors (Lipinski definition) is 2. The topological polar surface area (TPSA) is 88.3 Å². The highest BCUT2D eigenvalue weighted by Gasteiger charge is 2.23. The molecule has 0 aliphatic carbocycles. The lowest BCUT2D eigenvalue weighted by atomic mass is 10.1. The first-order valence-corrected chi connectivity index (χ1v) is 8.44. The molecule has 0 spiro atoms. The minimum absolute atomic E-state index is 0.213. The van der Waals surface area contributed by atoms with E-state index in [4.69, 9.17) is 5.73 Å². The number of aromatic nitrogens is 1. The van der Waals surface area contributed by atoms with E-state index in [1.165, 1.54) is 11.3 Å². The number of nitrogens with one attached hydrogen (secondary N) is 1. The highest BCUT2D eigenvalue weighted by atomic mass is 32.2. The van der Waals surface area contributed by atoms with Gasteiger partial charge in [-0.05, 0) is 24.3 Å². The zero-order chi connectivity index (χ0) is 14.2. The molecule has 2 heterocycles. The Morgan fingerprint density at radius 1 is 1.30 bits per heavy atom. The van der Waals surface area contributed by atoms with Crippen LogP contribution in [0.2, 0.25) is 0 Å². The molecule has 106 valence electrons. The molecule has 1 aromatic heterocycles. The van der Waals surface area contributed by atoms with Crippen molar-refractivity contribution in [2.45, 2.75) is 10.9 Å². The predicted molar refractivity (Wildman–Crippen MR) is 79.6 cm³/mol. The third kappa shape index (κ3) is 2.62.